The number of amides is 1. The highest BCUT2D eigenvalue weighted by atomic mass is 35.5. The molecule has 0 N–H and O–H groups in total. The molecule has 0 saturated carbocycles. The van der Waals surface area contributed by atoms with Gasteiger partial charge in [-0.15, -0.1) is 11.3 Å². The number of ether oxygens (including phenoxy) is 2. The van der Waals surface area contributed by atoms with Crippen LogP contribution < -0.4 is 4.90 Å². The molecule has 1 heterocycles. The molecule has 1 aromatic carbocycles. The molecule has 26 heavy (non-hydrogen) atoms. The van der Waals surface area contributed by atoms with Crippen LogP contribution in [0.4, 0.5) is 5.69 Å². The Bertz CT molecular complexity index is 794. The van der Waals surface area contributed by atoms with E-state index in [1.54, 1.807) is 37.3 Å². The fraction of sp³-hybridized carbons (Fsp3) is 0.235. The summed E-state index contributed by atoms with van der Waals surface area (Å²) in [5.74, 6) is -1.91. The summed E-state index contributed by atoms with van der Waals surface area (Å²) in [6.45, 7) is 1.02. The molecule has 0 spiro atoms. The van der Waals surface area contributed by atoms with Crippen molar-refractivity contribution >= 4 is 58.1 Å². The van der Waals surface area contributed by atoms with Crippen LogP contribution in [-0.2, 0) is 19.1 Å². The van der Waals surface area contributed by atoms with Gasteiger partial charge in [0.1, 0.15) is 10.9 Å². The van der Waals surface area contributed by atoms with Crippen molar-refractivity contribution in [1.82, 2.24) is 0 Å². The van der Waals surface area contributed by atoms with Gasteiger partial charge in [0.05, 0.1) is 16.5 Å². The fourth-order valence-electron chi connectivity index (χ4n) is 2.03. The van der Waals surface area contributed by atoms with E-state index in [1.165, 1.54) is 11.0 Å². The van der Waals surface area contributed by atoms with Crippen molar-refractivity contribution in [2.75, 3.05) is 24.7 Å². The summed E-state index contributed by atoms with van der Waals surface area (Å²) < 4.78 is 10.4. The van der Waals surface area contributed by atoms with Crippen LogP contribution >= 0.6 is 34.5 Å². The van der Waals surface area contributed by atoms with E-state index in [-0.39, 0.29) is 23.1 Å². The number of halogens is 2. The Hall–Kier alpha value is -2.09. The number of nitrogens with zero attached hydrogens (tertiary/aromatic N) is 1. The molecule has 1 amide bonds. The standard InChI is InChI=1S/C17H15Cl2NO5S/c1-2-24-15(22)9-20(11-6-4-3-5-7-11)14(21)10-25-17(23)12-8-13(18)26-16(12)19/h3-8H,2,9-10H2,1H3. The first kappa shape index (κ1) is 20.2. The molecule has 2 rings (SSSR count). The lowest BCUT2D eigenvalue weighted by Gasteiger charge is -2.21. The van der Waals surface area contributed by atoms with E-state index in [0.717, 1.165) is 11.3 Å². The van der Waals surface area contributed by atoms with Gasteiger partial charge in [0.25, 0.3) is 5.91 Å². The van der Waals surface area contributed by atoms with E-state index in [4.69, 9.17) is 32.7 Å². The van der Waals surface area contributed by atoms with Crippen molar-refractivity contribution in [3.8, 4) is 0 Å². The average Bonchev–Trinajstić information content (AvgIpc) is 2.96. The van der Waals surface area contributed by atoms with Crippen molar-refractivity contribution in [3.63, 3.8) is 0 Å². The first-order chi connectivity index (χ1) is 12.4. The van der Waals surface area contributed by atoms with Gasteiger partial charge < -0.3 is 9.47 Å². The monoisotopic (exact) mass is 415 g/mol. The number of esters is 2. The molecular weight excluding hydrogens is 401 g/mol. The number of anilines is 1. The van der Waals surface area contributed by atoms with E-state index in [2.05, 4.69) is 0 Å². The van der Waals surface area contributed by atoms with Crippen molar-refractivity contribution in [3.05, 3.63) is 50.6 Å². The van der Waals surface area contributed by atoms with Gasteiger partial charge in [-0.2, -0.15) is 0 Å². The van der Waals surface area contributed by atoms with Crippen LogP contribution in [0.25, 0.3) is 0 Å². The summed E-state index contributed by atoms with van der Waals surface area (Å²) in [5.41, 5.74) is 0.573. The first-order valence-electron chi connectivity index (χ1n) is 7.55. The highest BCUT2D eigenvalue weighted by Crippen LogP contribution is 2.31. The van der Waals surface area contributed by atoms with Gasteiger partial charge in [-0.05, 0) is 25.1 Å². The summed E-state index contributed by atoms with van der Waals surface area (Å²) >= 11 is 12.7. The molecule has 0 unspecified atom stereocenters. The Kier molecular flexibility index (Phi) is 7.44. The topological polar surface area (TPSA) is 72.9 Å². The first-order valence-corrected chi connectivity index (χ1v) is 9.12. The molecule has 0 aliphatic heterocycles. The van der Waals surface area contributed by atoms with Crippen molar-refractivity contribution in [2.45, 2.75) is 6.92 Å². The molecule has 0 atom stereocenters. The fourth-order valence-corrected chi connectivity index (χ4v) is 3.47. The molecule has 6 nitrogen and oxygen atoms in total. The number of carbonyl (C=O) groups excluding carboxylic acids is 3. The maximum Gasteiger partial charge on any atom is 0.341 e. The maximum absolute atomic E-state index is 12.5. The van der Waals surface area contributed by atoms with Crippen LogP contribution in [0.3, 0.4) is 0 Å². The molecular formula is C17H15Cl2NO5S. The molecule has 0 bridgehead atoms. The quantitative estimate of drug-likeness (QED) is 0.642. The number of para-hydroxylation sites is 1. The van der Waals surface area contributed by atoms with E-state index in [0.29, 0.717) is 10.0 Å². The third kappa shape index (κ3) is 5.45. The Balaban J connectivity index is 2.07. The van der Waals surface area contributed by atoms with Crippen LogP contribution in [0, 0.1) is 0 Å². The minimum absolute atomic E-state index is 0.0890. The third-order valence-electron chi connectivity index (χ3n) is 3.16. The van der Waals surface area contributed by atoms with Gasteiger partial charge in [0.15, 0.2) is 6.61 Å². The summed E-state index contributed by atoms with van der Waals surface area (Å²) in [6.07, 6.45) is 0. The predicted octanol–water partition coefficient (Wildman–Crippen LogP) is 3.81. The smallest absolute Gasteiger partial charge is 0.341 e. The molecule has 2 aromatic rings. The Labute approximate surface area is 164 Å². The minimum Gasteiger partial charge on any atom is -0.465 e. The number of carbonyl (C=O) groups is 3. The van der Waals surface area contributed by atoms with Gasteiger partial charge in [0, 0.05) is 5.69 Å². The third-order valence-corrected chi connectivity index (χ3v) is 4.65. The summed E-state index contributed by atoms with van der Waals surface area (Å²) in [6, 6.07) is 9.91. The zero-order valence-corrected chi connectivity index (χ0v) is 16.1. The molecule has 0 radical (unpaired) electrons. The number of benzene rings is 1. The predicted molar refractivity (Wildman–Crippen MR) is 100 cm³/mol. The molecule has 0 fully saturated rings. The summed E-state index contributed by atoms with van der Waals surface area (Å²) in [5, 5.41) is 0. The van der Waals surface area contributed by atoms with Crippen LogP contribution in [0.15, 0.2) is 36.4 Å². The van der Waals surface area contributed by atoms with Crippen LogP contribution in [0.2, 0.25) is 8.67 Å². The van der Waals surface area contributed by atoms with E-state index >= 15 is 0 Å². The van der Waals surface area contributed by atoms with Gasteiger partial charge in [0.2, 0.25) is 0 Å². The van der Waals surface area contributed by atoms with E-state index < -0.39 is 24.5 Å². The van der Waals surface area contributed by atoms with Crippen LogP contribution in [-0.4, -0.2) is 37.6 Å². The normalized spacial score (nSPS) is 10.3. The largest absolute Gasteiger partial charge is 0.465 e. The Morgan fingerprint density at radius 1 is 1.12 bits per heavy atom. The second-order valence-corrected chi connectivity index (χ2v) is 7.22. The lowest BCUT2D eigenvalue weighted by atomic mass is 10.3. The van der Waals surface area contributed by atoms with Crippen molar-refractivity contribution < 1.29 is 23.9 Å². The second kappa shape index (κ2) is 9.56. The number of hydrogen-bond acceptors (Lipinski definition) is 6. The van der Waals surface area contributed by atoms with E-state index in [1.807, 2.05) is 0 Å². The van der Waals surface area contributed by atoms with Gasteiger partial charge in [-0.1, -0.05) is 41.4 Å². The Morgan fingerprint density at radius 3 is 2.38 bits per heavy atom. The number of hydrogen-bond donors (Lipinski definition) is 0. The van der Waals surface area contributed by atoms with Gasteiger partial charge in [-0.3, -0.25) is 14.5 Å². The SMILES string of the molecule is CCOC(=O)CN(C(=O)COC(=O)c1cc(Cl)sc1Cl)c1ccccc1. The molecule has 0 aliphatic rings. The average molecular weight is 416 g/mol. The lowest BCUT2D eigenvalue weighted by molar-refractivity contribution is -0.142. The lowest BCUT2D eigenvalue weighted by Crippen LogP contribution is -2.39. The molecule has 0 saturated heterocycles. The zero-order chi connectivity index (χ0) is 19.1. The summed E-state index contributed by atoms with van der Waals surface area (Å²) in [7, 11) is 0. The van der Waals surface area contributed by atoms with Crippen molar-refractivity contribution in [1.29, 1.82) is 0 Å². The van der Waals surface area contributed by atoms with E-state index in [9.17, 15) is 14.4 Å². The molecule has 138 valence electrons. The summed E-state index contributed by atoms with van der Waals surface area (Å²) in [4.78, 5) is 37.5. The number of thiophene rings is 1. The minimum atomic E-state index is -0.768. The van der Waals surface area contributed by atoms with Crippen LogP contribution in [0.1, 0.15) is 17.3 Å². The second-order valence-electron chi connectivity index (χ2n) is 4.93. The zero-order valence-electron chi connectivity index (χ0n) is 13.7. The maximum atomic E-state index is 12.5. The molecule has 1 aromatic heterocycles. The van der Waals surface area contributed by atoms with Gasteiger partial charge in [-0.25, -0.2) is 4.79 Å². The Morgan fingerprint density at radius 2 is 1.81 bits per heavy atom. The highest BCUT2D eigenvalue weighted by molar-refractivity contribution is 7.20. The number of rotatable bonds is 7. The molecule has 9 heteroatoms. The van der Waals surface area contributed by atoms with Crippen LogP contribution in [0.5, 0.6) is 0 Å². The van der Waals surface area contributed by atoms with Gasteiger partial charge >= 0.3 is 11.9 Å². The van der Waals surface area contributed by atoms with Crippen molar-refractivity contribution in [2.24, 2.45) is 0 Å². The highest BCUT2D eigenvalue weighted by Gasteiger charge is 2.23. The molecule has 0 aliphatic carbocycles.